The Morgan fingerprint density at radius 1 is 0.649 bits per heavy atom. The number of aryl methyl sites for hydroxylation is 3. The summed E-state index contributed by atoms with van der Waals surface area (Å²) in [6, 6.07) is 28.9. The fourth-order valence-corrected chi connectivity index (χ4v) is 4.79. The van der Waals surface area contributed by atoms with E-state index in [9.17, 15) is 0 Å². The van der Waals surface area contributed by atoms with Crippen LogP contribution in [0, 0.1) is 35.6 Å². The van der Waals surface area contributed by atoms with E-state index in [1.807, 2.05) is 0 Å². The maximum absolute atomic E-state index is 3.06. The van der Waals surface area contributed by atoms with Gasteiger partial charge < -0.3 is 14.9 Å². The molecule has 0 aliphatic rings. The zero-order valence-corrected chi connectivity index (χ0v) is 27.6. The van der Waals surface area contributed by atoms with Gasteiger partial charge in [-0.15, -0.1) is 68.1 Å². The normalized spacial score (nSPS) is 10.3. The van der Waals surface area contributed by atoms with Crippen LogP contribution in [0.3, 0.4) is 0 Å². The van der Waals surface area contributed by atoms with Crippen LogP contribution in [0.4, 0.5) is 0 Å². The van der Waals surface area contributed by atoms with E-state index in [-0.39, 0.29) is 14.9 Å². The van der Waals surface area contributed by atoms with E-state index < -0.39 is 0 Å². The topological polar surface area (TPSA) is 0 Å². The van der Waals surface area contributed by atoms with Gasteiger partial charge in [0.25, 0.3) is 0 Å². The Morgan fingerprint density at radius 3 is 1.78 bits per heavy atom. The monoisotopic (exact) mass is 580 g/mol. The first-order valence-electron chi connectivity index (χ1n) is 12.4. The van der Waals surface area contributed by atoms with Crippen LogP contribution in [-0.4, -0.2) is 6.88 Å². The minimum atomic E-state index is 0. The van der Waals surface area contributed by atoms with Gasteiger partial charge in [-0.1, -0.05) is 102 Å². The summed E-state index contributed by atoms with van der Waals surface area (Å²) in [4.78, 5) is 0. The van der Waals surface area contributed by atoms with Crippen molar-refractivity contribution in [2.75, 3.05) is 0 Å². The molecule has 0 unspecified atom stereocenters. The van der Waals surface area contributed by atoms with Gasteiger partial charge in [0.05, 0.1) is 0 Å². The van der Waals surface area contributed by atoms with Crippen molar-refractivity contribution in [3.8, 4) is 11.1 Å². The van der Waals surface area contributed by atoms with Crippen molar-refractivity contribution in [3.05, 3.63) is 122 Å². The second kappa shape index (κ2) is 14.8. The summed E-state index contributed by atoms with van der Waals surface area (Å²) >= 11 is 1.36. The predicted octanol–water partition coefficient (Wildman–Crippen LogP) is 10.5. The van der Waals surface area contributed by atoms with Gasteiger partial charge in [-0.3, -0.25) is 0 Å². The van der Waals surface area contributed by atoms with Crippen molar-refractivity contribution in [3.63, 3.8) is 0 Å². The molecule has 0 aliphatic heterocycles. The van der Waals surface area contributed by atoms with E-state index in [1.54, 1.807) is 0 Å². The first-order chi connectivity index (χ1) is 16.8. The Morgan fingerprint density at radius 2 is 1.22 bits per heavy atom. The third-order valence-electron chi connectivity index (χ3n) is 6.78. The first-order valence-corrected chi connectivity index (χ1v) is 16.6. The molecular weight excluding hydrogens is 540 g/mol. The third kappa shape index (κ3) is 7.52. The van der Waals surface area contributed by atoms with Crippen LogP contribution in [-0.2, 0) is 23.3 Å². The van der Waals surface area contributed by atoms with Crippen LogP contribution in [0.25, 0.3) is 32.7 Å². The van der Waals surface area contributed by atoms with Crippen molar-refractivity contribution >= 4 is 28.4 Å². The molecule has 0 aromatic heterocycles. The molecule has 0 saturated carbocycles. The second-order valence-electron chi connectivity index (χ2n) is 10.1. The summed E-state index contributed by atoms with van der Waals surface area (Å²) < 4.78 is 0. The average molecular weight is 582 g/mol. The van der Waals surface area contributed by atoms with E-state index in [2.05, 4.69) is 134 Å². The summed E-state index contributed by atoms with van der Waals surface area (Å²) in [5.74, 6) is 1.22. The molecule has 0 heterocycles. The van der Waals surface area contributed by atoms with Crippen LogP contribution < -0.4 is 0 Å². The molecular formula is C35H42SiZr-4. The molecule has 2 radical (unpaired) electrons. The van der Waals surface area contributed by atoms with E-state index >= 15 is 0 Å². The summed E-state index contributed by atoms with van der Waals surface area (Å²) in [5, 5.41) is 5.64. The van der Waals surface area contributed by atoms with Crippen LogP contribution >= 0.6 is 0 Å². The summed E-state index contributed by atoms with van der Waals surface area (Å²) in [6.45, 7) is 18.7. The van der Waals surface area contributed by atoms with Crippen LogP contribution in [0.2, 0.25) is 0 Å². The molecule has 5 aromatic rings. The Hall–Kier alpha value is -2.02. The van der Waals surface area contributed by atoms with Crippen LogP contribution in [0.1, 0.15) is 67.3 Å². The summed E-state index contributed by atoms with van der Waals surface area (Å²) in [5.41, 5.74) is 9.66. The average Bonchev–Trinajstić information content (AvgIpc) is 3.47. The molecule has 0 saturated heterocycles. The fraction of sp³-hybridized carbons (Fsp3) is 0.257. The number of hydrogen-bond acceptors (Lipinski definition) is 0. The molecule has 0 amide bonds. The zero-order valence-electron chi connectivity index (χ0n) is 24.2. The molecule has 5 rings (SSSR count). The van der Waals surface area contributed by atoms with Crippen LogP contribution in [0.15, 0.2) is 78.9 Å². The summed E-state index contributed by atoms with van der Waals surface area (Å²) in [6.07, 6.45) is 0. The quantitative estimate of drug-likeness (QED) is 0.147. The maximum atomic E-state index is 3.06. The molecule has 194 valence electrons. The number of fused-ring (bicyclic) bond motifs is 2. The molecule has 0 nitrogen and oxygen atoms in total. The number of rotatable bonds is 3. The van der Waals surface area contributed by atoms with Crippen molar-refractivity contribution < 1.29 is 23.3 Å². The first kappa shape index (κ1) is 33.0. The van der Waals surface area contributed by atoms with Crippen molar-refractivity contribution in [1.29, 1.82) is 0 Å². The van der Waals surface area contributed by atoms with E-state index in [4.69, 9.17) is 0 Å². The fourth-order valence-electron chi connectivity index (χ4n) is 4.79. The molecule has 0 spiro atoms. The standard InChI is InChI=1S/C17H15.C16H21.2CH3.Si.Zr/c1-12-10-16-13(2)8-9-15(17(16)11-12)14-6-4-3-5-7-14;1-10(2)13-8-15-12(5)6-7-14(11(3)4)16(15)9-13;;;;/h3-11H,1-2H3;6-11H,1-5H3;2*1H3;;/q4*-1;;. The number of benzene rings is 3. The molecule has 37 heavy (non-hydrogen) atoms. The van der Waals surface area contributed by atoms with Gasteiger partial charge in [-0.2, -0.15) is 12.1 Å². The van der Waals surface area contributed by atoms with Gasteiger partial charge in [-0.25, -0.2) is 0 Å². The molecule has 0 N–H and O–H groups in total. The van der Waals surface area contributed by atoms with Gasteiger partial charge in [-0.05, 0) is 17.4 Å². The minimum absolute atomic E-state index is 0. The van der Waals surface area contributed by atoms with Gasteiger partial charge in [0.1, 0.15) is 0 Å². The molecule has 2 heteroatoms. The molecule has 5 aromatic carbocycles. The third-order valence-corrected chi connectivity index (χ3v) is 6.78. The Kier molecular flexibility index (Phi) is 13.2. The molecule has 0 atom stereocenters. The van der Waals surface area contributed by atoms with E-state index in [0.29, 0.717) is 11.8 Å². The van der Waals surface area contributed by atoms with Gasteiger partial charge in [0.15, 0.2) is 0 Å². The van der Waals surface area contributed by atoms with E-state index in [1.165, 1.54) is 83.8 Å². The van der Waals surface area contributed by atoms with Crippen LogP contribution in [0.5, 0.6) is 0 Å². The number of hydrogen-bond donors (Lipinski definition) is 0. The SMILES string of the molecule is Cc1cc2c(-c3ccccc3)ccc(C)c2[cH-]1.Cc1ccc(C(C)C)c2cc(C(C)C)[cH-]c12.[CH3-].[CH3-].[Si]=[Zr]. The van der Waals surface area contributed by atoms with Crippen molar-refractivity contribution in [2.45, 2.75) is 60.3 Å². The molecule has 0 bridgehead atoms. The second-order valence-corrected chi connectivity index (χ2v) is 10.1. The van der Waals surface area contributed by atoms with Crippen molar-refractivity contribution in [2.24, 2.45) is 0 Å². The Bertz CT molecular complexity index is 1400. The Labute approximate surface area is 243 Å². The zero-order chi connectivity index (χ0) is 25.7. The summed E-state index contributed by atoms with van der Waals surface area (Å²) in [7, 11) is 0. The predicted molar refractivity (Wildman–Crippen MR) is 165 cm³/mol. The van der Waals surface area contributed by atoms with Crippen molar-refractivity contribution in [1.82, 2.24) is 0 Å². The van der Waals surface area contributed by atoms with Gasteiger partial charge in [0.2, 0.25) is 0 Å². The van der Waals surface area contributed by atoms with E-state index in [0.717, 1.165) is 0 Å². The molecule has 0 aliphatic carbocycles. The Balaban J connectivity index is 0.000000331. The van der Waals surface area contributed by atoms with Gasteiger partial charge in [0, 0.05) is 0 Å². The molecule has 0 fully saturated rings. The van der Waals surface area contributed by atoms with Gasteiger partial charge >= 0.3 is 30.2 Å².